The van der Waals surface area contributed by atoms with Crippen LogP contribution in [0.5, 0.6) is 0 Å². The number of furan rings is 1. The van der Waals surface area contributed by atoms with Gasteiger partial charge in [-0.3, -0.25) is 5.84 Å². The fourth-order valence-electron chi connectivity index (χ4n) is 1.65. The van der Waals surface area contributed by atoms with E-state index in [0.717, 1.165) is 17.1 Å². The summed E-state index contributed by atoms with van der Waals surface area (Å²) in [5.41, 5.74) is 3.75. The Morgan fingerprint density at radius 1 is 1.60 bits per heavy atom. The van der Waals surface area contributed by atoms with Gasteiger partial charge in [0.1, 0.15) is 17.6 Å². The average molecular weight is 206 g/mol. The van der Waals surface area contributed by atoms with Crippen LogP contribution in [-0.2, 0) is 7.05 Å². The monoisotopic (exact) mass is 206 g/mol. The van der Waals surface area contributed by atoms with E-state index in [0.29, 0.717) is 0 Å². The van der Waals surface area contributed by atoms with Gasteiger partial charge in [-0.15, -0.1) is 0 Å². The quantitative estimate of drug-likeness (QED) is 0.577. The summed E-state index contributed by atoms with van der Waals surface area (Å²) in [5.74, 6) is 7.26. The molecule has 0 aromatic carbocycles. The van der Waals surface area contributed by atoms with Gasteiger partial charge in [-0.25, -0.2) is 10.4 Å². The molecule has 0 aliphatic rings. The van der Waals surface area contributed by atoms with Crippen LogP contribution in [0.15, 0.2) is 29.1 Å². The maximum Gasteiger partial charge on any atom is 0.131 e. The fraction of sp³-hybridized carbons (Fsp3) is 0.300. The molecule has 5 heteroatoms. The van der Waals surface area contributed by atoms with Crippen LogP contribution in [0.25, 0.3) is 0 Å². The zero-order valence-electron chi connectivity index (χ0n) is 8.77. The van der Waals surface area contributed by atoms with Gasteiger partial charge < -0.3 is 8.98 Å². The minimum absolute atomic E-state index is 0.135. The molecule has 2 aromatic rings. The van der Waals surface area contributed by atoms with Gasteiger partial charge in [0.05, 0.1) is 6.26 Å². The lowest BCUT2D eigenvalue weighted by atomic mass is 10.1. The number of aromatic nitrogens is 2. The zero-order chi connectivity index (χ0) is 10.8. The molecule has 1 atom stereocenters. The Hall–Kier alpha value is -1.59. The second-order valence-electron chi connectivity index (χ2n) is 3.43. The van der Waals surface area contributed by atoms with Crippen molar-refractivity contribution in [3.63, 3.8) is 0 Å². The van der Waals surface area contributed by atoms with Crippen molar-refractivity contribution in [3.05, 3.63) is 41.9 Å². The van der Waals surface area contributed by atoms with E-state index in [-0.39, 0.29) is 6.04 Å². The van der Waals surface area contributed by atoms with Crippen molar-refractivity contribution < 1.29 is 4.42 Å². The minimum Gasteiger partial charge on any atom is -0.469 e. The van der Waals surface area contributed by atoms with Gasteiger partial charge in [-0.2, -0.15) is 0 Å². The van der Waals surface area contributed by atoms with Crippen molar-refractivity contribution in [1.82, 2.24) is 15.0 Å². The standard InChI is InChI=1S/C10H14N4O/c1-7-8(3-6-15-7)9(13-11)10-12-4-5-14(10)2/h3-6,9,13H,11H2,1-2H3. The Bertz CT molecular complexity index is 405. The van der Waals surface area contributed by atoms with Crippen LogP contribution in [-0.4, -0.2) is 9.55 Å². The summed E-state index contributed by atoms with van der Waals surface area (Å²) < 4.78 is 7.18. The highest BCUT2D eigenvalue weighted by Gasteiger charge is 2.19. The molecule has 2 heterocycles. The Kier molecular flexibility index (Phi) is 2.57. The maximum atomic E-state index is 5.55. The Morgan fingerprint density at radius 3 is 2.87 bits per heavy atom. The first kappa shape index (κ1) is 9.95. The van der Waals surface area contributed by atoms with Crippen molar-refractivity contribution in [2.45, 2.75) is 13.0 Å². The molecule has 0 fully saturated rings. The lowest BCUT2D eigenvalue weighted by Crippen LogP contribution is -2.30. The molecular formula is C10H14N4O. The van der Waals surface area contributed by atoms with E-state index >= 15 is 0 Å². The summed E-state index contributed by atoms with van der Waals surface area (Å²) in [7, 11) is 1.93. The molecule has 0 radical (unpaired) electrons. The predicted molar refractivity (Wildman–Crippen MR) is 55.8 cm³/mol. The maximum absolute atomic E-state index is 5.55. The summed E-state index contributed by atoms with van der Waals surface area (Å²) >= 11 is 0. The largest absolute Gasteiger partial charge is 0.469 e. The summed E-state index contributed by atoms with van der Waals surface area (Å²) in [4.78, 5) is 4.26. The molecule has 0 amide bonds. The summed E-state index contributed by atoms with van der Waals surface area (Å²) in [6.07, 6.45) is 5.28. The predicted octanol–water partition coefficient (Wildman–Crippen LogP) is 0.874. The number of hydrogen-bond acceptors (Lipinski definition) is 4. The van der Waals surface area contributed by atoms with Gasteiger partial charge in [-0.05, 0) is 13.0 Å². The molecule has 0 saturated carbocycles. The van der Waals surface area contributed by atoms with E-state index in [4.69, 9.17) is 10.3 Å². The molecular weight excluding hydrogens is 192 g/mol. The van der Waals surface area contributed by atoms with Gasteiger partial charge in [0.2, 0.25) is 0 Å². The molecule has 0 bridgehead atoms. The van der Waals surface area contributed by atoms with Crippen molar-refractivity contribution in [2.75, 3.05) is 0 Å². The summed E-state index contributed by atoms with van der Waals surface area (Å²) in [5, 5.41) is 0. The van der Waals surface area contributed by atoms with E-state index in [2.05, 4.69) is 10.4 Å². The molecule has 15 heavy (non-hydrogen) atoms. The van der Waals surface area contributed by atoms with E-state index < -0.39 is 0 Å². The van der Waals surface area contributed by atoms with E-state index in [9.17, 15) is 0 Å². The minimum atomic E-state index is -0.135. The topological polar surface area (TPSA) is 69.0 Å². The third-order valence-corrected chi connectivity index (χ3v) is 2.49. The number of nitrogens with zero attached hydrogens (tertiary/aromatic N) is 2. The Labute approximate surface area is 87.9 Å². The molecule has 0 aliphatic carbocycles. The molecule has 5 nitrogen and oxygen atoms in total. The fourth-order valence-corrected chi connectivity index (χ4v) is 1.65. The molecule has 0 spiro atoms. The van der Waals surface area contributed by atoms with Gasteiger partial charge >= 0.3 is 0 Å². The second kappa shape index (κ2) is 3.88. The molecule has 0 saturated heterocycles. The smallest absolute Gasteiger partial charge is 0.131 e. The first-order valence-electron chi connectivity index (χ1n) is 4.71. The Balaban J connectivity index is 2.41. The van der Waals surface area contributed by atoms with Crippen molar-refractivity contribution in [2.24, 2.45) is 12.9 Å². The normalized spacial score (nSPS) is 13.0. The first-order valence-corrected chi connectivity index (χ1v) is 4.71. The number of hydrazine groups is 1. The molecule has 1 unspecified atom stereocenters. The van der Waals surface area contributed by atoms with Crippen LogP contribution in [0, 0.1) is 6.92 Å². The number of hydrogen-bond donors (Lipinski definition) is 2. The molecule has 2 aromatic heterocycles. The van der Waals surface area contributed by atoms with Crippen LogP contribution in [0.1, 0.15) is 23.2 Å². The SMILES string of the molecule is Cc1occc1C(NN)c1nccn1C. The molecule has 80 valence electrons. The number of rotatable bonds is 3. The summed E-state index contributed by atoms with van der Waals surface area (Å²) in [6, 6.07) is 1.76. The highest BCUT2D eigenvalue weighted by molar-refractivity contribution is 5.26. The first-order chi connectivity index (χ1) is 7.24. The van der Waals surface area contributed by atoms with Gasteiger partial charge in [0.25, 0.3) is 0 Å². The van der Waals surface area contributed by atoms with Crippen LogP contribution in [0.3, 0.4) is 0 Å². The third-order valence-electron chi connectivity index (χ3n) is 2.49. The summed E-state index contributed by atoms with van der Waals surface area (Å²) in [6.45, 7) is 1.91. The lowest BCUT2D eigenvalue weighted by molar-refractivity contribution is 0.512. The second-order valence-corrected chi connectivity index (χ2v) is 3.43. The number of nitrogens with two attached hydrogens (primary N) is 1. The van der Waals surface area contributed by atoms with Crippen LogP contribution >= 0.6 is 0 Å². The van der Waals surface area contributed by atoms with Crippen molar-refractivity contribution >= 4 is 0 Å². The van der Waals surface area contributed by atoms with Crippen molar-refractivity contribution in [3.8, 4) is 0 Å². The Morgan fingerprint density at radius 2 is 2.40 bits per heavy atom. The third kappa shape index (κ3) is 1.67. The van der Waals surface area contributed by atoms with Crippen molar-refractivity contribution in [1.29, 1.82) is 0 Å². The molecule has 0 aliphatic heterocycles. The van der Waals surface area contributed by atoms with E-state index in [1.807, 2.05) is 30.8 Å². The number of aryl methyl sites for hydroxylation is 2. The molecule has 3 N–H and O–H groups in total. The zero-order valence-corrected chi connectivity index (χ0v) is 8.77. The number of nitrogens with one attached hydrogen (secondary N) is 1. The van der Waals surface area contributed by atoms with Crippen LogP contribution in [0.4, 0.5) is 0 Å². The highest BCUT2D eigenvalue weighted by Crippen LogP contribution is 2.23. The van der Waals surface area contributed by atoms with Gasteiger partial charge in [-0.1, -0.05) is 0 Å². The lowest BCUT2D eigenvalue weighted by Gasteiger charge is -2.14. The number of imidazole rings is 1. The van der Waals surface area contributed by atoms with E-state index in [1.165, 1.54) is 0 Å². The molecule has 2 rings (SSSR count). The van der Waals surface area contributed by atoms with Crippen LogP contribution in [0.2, 0.25) is 0 Å². The van der Waals surface area contributed by atoms with E-state index in [1.54, 1.807) is 12.5 Å². The average Bonchev–Trinajstić information content (AvgIpc) is 2.80. The van der Waals surface area contributed by atoms with Crippen LogP contribution < -0.4 is 11.3 Å². The highest BCUT2D eigenvalue weighted by atomic mass is 16.3. The van der Waals surface area contributed by atoms with Gasteiger partial charge in [0, 0.05) is 25.0 Å². The van der Waals surface area contributed by atoms with Gasteiger partial charge in [0.15, 0.2) is 0 Å².